The van der Waals surface area contributed by atoms with Crippen LogP contribution in [0.2, 0.25) is 0 Å². The van der Waals surface area contributed by atoms with Crippen molar-refractivity contribution < 1.29 is 0 Å². The molecule has 0 spiro atoms. The molecule has 1 aromatic carbocycles. The maximum Gasteiger partial charge on any atom is 0.0535 e. The van der Waals surface area contributed by atoms with Crippen LogP contribution in [0.5, 0.6) is 0 Å². The van der Waals surface area contributed by atoms with E-state index in [0.717, 1.165) is 13.1 Å². The van der Waals surface area contributed by atoms with E-state index in [1.54, 1.807) is 0 Å². The Morgan fingerprint density at radius 2 is 1.95 bits per heavy atom. The Labute approximate surface area is 127 Å². The second kappa shape index (κ2) is 6.31. The largest absolute Gasteiger partial charge is 0.378 e. The first-order chi connectivity index (χ1) is 9.88. The summed E-state index contributed by atoms with van der Waals surface area (Å²) >= 11 is 0. The third-order valence-electron chi connectivity index (χ3n) is 3.54. The lowest BCUT2D eigenvalue weighted by atomic mass is 9.89. The van der Waals surface area contributed by atoms with E-state index >= 15 is 0 Å². The molecule has 0 aliphatic heterocycles. The fourth-order valence-electron chi connectivity index (χ4n) is 2.38. The zero-order chi connectivity index (χ0) is 15.5. The van der Waals surface area contributed by atoms with Gasteiger partial charge in [0.15, 0.2) is 0 Å². The number of anilines is 1. The van der Waals surface area contributed by atoms with Gasteiger partial charge in [0.05, 0.1) is 6.20 Å². The number of nitrogens with zero attached hydrogens (tertiary/aromatic N) is 2. The SMILES string of the molecule is CN(C)c1cccc(CNCc2cn[nH]c2C(C)(C)C)c1. The second-order valence-electron chi connectivity index (χ2n) is 6.69. The molecular weight excluding hydrogens is 260 g/mol. The van der Waals surface area contributed by atoms with E-state index in [2.05, 4.69) is 79.5 Å². The van der Waals surface area contributed by atoms with Gasteiger partial charge >= 0.3 is 0 Å². The molecular formula is C17H26N4. The number of hydrogen-bond donors (Lipinski definition) is 2. The number of benzene rings is 1. The number of aromatic amines is 1. The van der Waals surface area contributed by atoms with E-state index in [1.165, 1.54) is 22.5 Å². The van der Waals surface area contributed by atoms with E-state index in [0.29, 0.717) is 0 Å². The highest BCUT2D eigenvalue weighted by atomic mass is 15.1. The Morgan fingerprint density at radius 3 is 2.62 bits per heavy atom. The van der Waals surface area contributed by atoms with Crippen LogP contribution in [0.1, 0.15) is 37.6 Å². The van der Waals surface area contributed by atoms with Gasteiger partial charge in [-0.1, -0.05) is 32.9 Å². The van der Waals surface area contributed by atoms with Crippen LogP contribution in [0.15, 0.2) is 30.5 Å². The van der Waals surface area contributed by atoms with Crippen molar-refractivity contribution in [2.24, 2.45) is 0 Å². The molecule has 2 rings (SSSR count). The van der Waals surface area contributed by atoms with Gasteiger partial charge in [-0.2, -0.15) is 5.10 Å². The summed E-state index contributed by atoms with van der Waals surface area (Å²) in [6.45, 7) is 8.28. The van der Waals surface area contributed by atoms with Crippen molar-refractivity contribution in [1.29, 1.82) is 0 Å². The van der Waals surface area contributed by atoms with Crippen molar-refractivity contribution in [2.45, 2.75) is 39.3 Å². The van der Waals surface area contributed by atoms with E-state index < -0.39 is 0 Å². The highest BCUT2D eigenvalue weighted by Crippen LogP contribution is 2.23. The van der Waals surface area contributed by atoms with Crippen molar-refractivity contribution in [3.05, 3.63) is 47.3 Å². The van der Waals surface area contributed by atoms with Crippen molar-refractivity contribution in [3.63, 3.8) is 0 Å². The fraction of sp³-hybridized carbons (Fsp3) is 0.471. The molecule has 0 saturated carbocycles. The molecule has 21 heavy (non-hydrogen) atoms. The summed E-state index contributed by atoms with van der Waals surface area (Å²) in [4.78, 5) is 2.12. The van der Waals surface area contributed by atoms with Crippen molar-refractivity contribution >= 4 is 5.69 Å². The van der Waals surface area contributed by atoms with Crippen molar-refractivity contribution in [2.75, 3.05) is 19.0 Å². The summed E-state index contributed by atoms with van der Waals surface area (Å²) in [7, 11) is 4.13. The number of hydrogen-bond acceptors (Lipinski definition) is 3. The Bertz CT molecular complexity index is 578. The van der Waals surface area contributed by atoms with Crippen LogP contribution < -0.4 is 10.2 Å². The molecule has 0 amide bonds. The van der Waals surface area contributed by atoms with Crippen LogP contribution >= 0.6 is 0 Å². The van der Waals surface area contributed by atoms with Crippen molar-refractivity contribution in [1.82, 2.24) is 15.5 Å². The number of H-pyrrole nitrogens is 1. The molecule has 0 radical (unpaired) electrons. The fourth-order valence-corrected chi connectivity index (χ4v) is 2.38. The Morgan fingerprint density at radius 1 is 1.19 bits per heavy atom. The predicted molar refractivity (Wildman–Crippen MR) is 88.6 cm³/mol. The zero-order valence-electron chi connectivity index (χ0n) is 13.7. The smallest absolute Gasteiger partial charge is 0.0535 e. The highest BCUT2D eigenvalue weighted by Gasteiger charge is 2.19. The summed E-state index contributed by atoms with van der Waals surface area (Å²) in [6.07, 6.45) is 1.92. The van der Waals surface area contributed by atoms with E-state index in [4.69, 9.17) is 0 Å². The molecule has 2 aromatic rings. The van der Waals surface area contributed by atoms with Gasteiger partial charge in [-0.15, -0.1) is 0 Å². The summed E-state index contributed by atoms with van der Waals surface area (Å²) in [5.74, 6) is 0. The van der Waals surface area contributed by atoms with Crippen LogP contribution in [0.3, 0.4) is 0 Å². The molecule has 2 N–H and O–H groups in total. The van der Waals surface area contributed by atoms with Gasteiger partial charge in [0.2, 0.25) is 0 Å². The lowest BCUT2D eigenvalue weighted by Crippen LogP contribution is -2.19. The zero-order valence-corrected chi connectivity index (χ0v) is 13.7. The first-order valence-corrected chi connectivity index (χ1v) is 7.37. The summed E-state index contributed by atoms with van der Waals surface area (Å²) < 4.78 is 0. The minimum absolute atomic E-state index is 0.0956. The van der Waals surface area contributed by atoms with Gasteiger partial charge in [-0.05, 0) is 17.7 Å². The molecule has 0 aliphatic rings. The Hall–Kier alpha value is -1.81. The molecule has 0 atom stereocenters. The molecule has 0 aliphatic carbocycles. The molecule has 0 saturated heterocycles. The van der Waals surface area contributed by atoms with Crippen molar-refractivity contribution in [3.8, 4) is 0 Å². The molecule has 114 valence electrons. The van der Waals surface area contributed by atoms with Crippen LogP contribution in [0.4, 0.5) is 5.69 Å². The highest BCUT2D eigenvalue weighted by molar-refractivity contribution is 5.47. The average molecular weight is 286 g/mol. The van der Waals surface area contributed by atoms with E-state index in [-0.39, 0.29) is 5.41 Å². The lowest BCUT2D eigenvalue weighted by molar-refractivity contribution is 0.553. The number of nitrogens with one attached hydrogen (secondary N) is 2. The molecule has 1 heterocycles. The normalized spacial score (nSPS) is 11.7. The third kappa shape index (κ3) is 4.08. The van der Waals surface area contributed by atoms with Gasteiger partial charge in [0.25, 0.3) is 0 Å². The van der Waals surface area contributed by atoms with Gasteiger partial charge in [0, 0.05) is 49.5 Å². The number of rotatable bonds is 5. The van der Waals surface area contributed by atoms with E-state index in [9.17, 15) is 0 Å². The van der Waals surface area contributed by atoms with E-state index in [1.807, 2.05) is 6.20 Å². The predicted octanol–water partition coefficient (Wildman–Crippen LogP) is 3.06. The second-order valence-corrected chi connectivity index (χ2v) is 6.69. The van der Waals surface area contributed by atoms with Crippen LogP contribution in [-0.2, 0) is 18.5 Å². The molecule has 0 unspecified atom stereocenters. The summed E-state index contributed by atoms with van der Waals surface area (Å²) in [5, 5.41) is 10.8. The summed E-state index contributed by atoms with van der Waals surface area (Å²) in [6, 6.07) is 8.59. The Kier molecular flexibility index (Phi) is 4.68. The molecule has 0 bridgehead atoms. The lowest BCUT2D eigenvalue weighted by Gasteiger charge is -2.18. The molecule has 4 nitrogen and oxygen atoms in total. The topological polar surface area (TPSA) is 44.0 Å². The van der Waals surface area contributed by atoms with Gasteiger partial charge in [0.1, 0.15) is 0 Å². The molecule has 0 fully saturated rings. The quantitative estimate of drug-likeness (QED) is 0.888. The molecule has 4 heteroatoms. The first-order valence-electron chi connectivity index (χ1n) is 7.37. The monoisotopic (exact) mass is 286 g/mol. The first kappa shape index (κ1) is 15.6. The standard InChI is InChI=1S/C17H26N4/c1-17(2,3)16-14(12-19-20-16)11-18-10-13-7-6-8-15(9-13)21(4)5/h6-9,12,18H,10-11H2,1-5H3,(H,19,20). The van der Waals surface area contributed by atoms with Crippen LogP contribution in [-0.4, -0.2) is 24.3 Å². The van der Waals surface area contributed by atoms with Gasteiger partial charge < -0.3 is 10.2 Å². The third-order valence-corrected chi connectivity index (χ3v) is 3.54. The minimum atomic E-state index is 0.0956. The maximum atomic E-state index is 4.18. The summed E-state index contributed by atoms with van der Waals surface area (Å²) in [5.41, 5.74) is 5.07. The Balaban J connectivity index is 1.96. The van der Waals surface area contributed by atoms with Gasteiger partial charge in [-0.3, -0.25) is 5.10 Å². The van der Waals surface area contributed by atoms with Crippen LogP contribution in [0, 0.1) is 0 Å². The van der Waals surface area contributed by atoms with Crippen LogP contribution in [0.25, 0.3) is 0 Å². The maximum absolute atomic E-state index is 4.18. The molecule has 1 aromatic heterocycles. The average Bonchev–Trinajstić information content (AvgIpc) is 2.87. The van der Waals surface area contributed by atoms with Gasteiger partial charge in [-0.25, -0.2) is 0 Å². The minimum Gasteiger partial charge on any atom is -0.378 e. The number of aromatic nitrogens is 2.